The summed E-state index contributed by atoms with van der Waals surface area (Å²) in [7, 11) is 0. The zero-order valence-electron chi connectivity index (χ0n) is 6.53. The highest BCUT2D eigenvalue weighted by atomic mass is 32.1. The average molecular weight is 182 g/mol. The van der Waals surface area contributed by atoms with E-state index in [9.17, 15) is 0 Å². The van der Waals surface area contributed by atoms with Crippen molar-refractivity contribution in [3.63, 3.8) is 0 Å². The molecule has 64 valence electrons. The number of aliphatic hydroxyl groups excluding tert-OH is 1. The molecule has 0 spiro atoms. The number of hydrogen-bond donors (Lipinski definition) is 2. The summed E-state index contributed by atoms with van der Waals surface area (Å²) in [6.07, 6.45) is 0. The van der Waals surface area contributed by atoms with Crippen molar-refractivity contribution in [3.05, 3.63) is 22.4 Å². The Morgan fingerprint density at radius 2 is 2.58 bits per heavy atom. The number of aliphatic hydroxyl groups is 1. The minimum Gasteiger partial charge on any atom is -0.394 e. The summed E-state index contributed by atoms with van der Waals surface area (Å²) in [5.41, 5.74) is 0. The van der Waals surface area contributed by atoms with Gasteiger partial charge in [0.15, 0.2) is 0 Å². The van der Waals surface area contributed by atoms with Gasteiger partial charge < -0.3 is 5.11 Å². The van der Waals surface area contributed by atoms with Gasteiger partial charge in [0.2, 0.25) is 0 Å². The van der Waals surface area contributed by atoms with Gasteiger partial charge >= 0.3 is 0 Å². The lowest BCUT2D eigenvalue weighted by Gasteiger charge is -2.05. The molecule has 0 amide bonds. The van der Waals surface area contributed by atoms with E-state index in [1.807, 2.05) is 23.6 Å². The predicted octanol–water partition coefficient (Wildman–Crippen LogP) is 0.722. The lowest BCUT2D eigenvalue weighted by Crippen LogP contribution is -2.29. The quantitative estimate of drug-likeness (QED) is 0.721. The Hall–Kier alpha value is -0.890. The van der Waals surface area contributed by atoms with Crippen molar-refractivity contribution in [2.24, 2.45) is 0 Å². The third-order valence-corrected chi connectivity index (χ3v) is 2.32. The molecule has 2 N–H and O–H groups in total. The molecule has 1 aromatic heterocycles. The van der Waals surface area contributed by atoms with Gasteiger partial charge in [-0.25, -0.2) is 0 Å². The van der Waals surface area contributed by atoms with Gasteiger partial charge in [-0.15, -0.1) is 11.3 Å². The molecule has 0 radical (unpaired) electrons. The number of hydrogen-bond acceptors (Lipinski definition) is 4. The molecule has 1 heterocycles. The Balaban J connectivity index is 2.31. The second-order valence-corrected chi connectivity index (χ2v) is 3.36. The van der Waals surface area contributed by atoms with E-state index in [2.05, 4.69) is 5.32 Å². The summed E-state index contributed by atoms with van der Waals surface area (Å²) in [5, 5.41) is 22.1. The predicted molar refractivity (Wildman–Crippen MR) is 47.6 cm³/mol. The molecule has 12 heavy (non-hydrogen) atoms. The molecule has 1 rings (SSSR count). The van der Waals surface area contributed by atoms with Crippen molar-refractivity contribution in [2.45, 2.75) is 12.6 Å². The van der Waals surface area contributed by atoms with Crippen molar-refractivity contribution >= 4 is 11.3 Å². The lowest BCUT2D eigenvalue weighted by atomic mass is 10.3. The zero-order valence-corrected chi connectivity index (χ0v) is 7.34. The second kappa shape index (κ2) is 4.88. The van der Waals surface area contributed by atoms with Crippen LogP contribution in [0.3, 0.4) is 0 Å². The summed E-state index contributed by atoms with van der Waals surface area (Å²) in [6, 6.07) is 5.46. The van der Waals surface area contributed by atoms with Crippen molar-refractivity contribution in [1.29, 1.82) is 5.26 Å². The molecule has 4 heteroatoms. The second-order valence-electron chi connectivity index (χ2n) is 2.32. The number of thiophene rings is 1. The van der Waals surface area contributed by atoms with Gasteiger partial charge in [0.05, 0.1) is 12.7 Å². The average Bonchev–Trinajstić information content (AvgIpc) is 2.59. The van der Waals surface area contributed by atoms with Crippen molar-refractivity contribution in [3.8, 4) is 6.07 Å². The van der Waals surface area contributed by atoms with Crippen LogP contribution in [0, 0.1) is 11.3 Å². The van der Waals surface area contributed by atoms with Crippen LogP contribution in [-0.2, 0) is 6.54 Å². The summed E-state index contributed by atoms with van der Waals surface area (Å²) in [5.74, 6) is 0. The number of nitrogens with one attached hydrogen (secondary N) is 1. The Morgan fingerprint density at radius 3 is 3.08 bits per heavy atom. The number of nitrogens with zero attached hydrogens (tertiary/aromatic N) is 1. The fourth-order valence-corrected chi connectivity index (χ4v) is 1.44. The van der Waals surface area contributed by atoms with Crippen LogP contribution in [0.15, 0.2) is 17.5 Å². The number of nitriles is 1. The molecule has 0 aliphatic rings. The smallest absolute Gasteiger partial charge is 0.119 e. The Labute approximate surface area is 75.3 Å². The third-order valence-electron chi connectivity index (χ3n) is 1.44. The molecule has 0 fully saturated rings. The van der Waals surface area contributed by atoms with E-state index >= 15 is 0 Å². The maximum absolute atomic E-state index is 8.67. The van der Waals surface area contributed by atoms with Gasteiger partial charge in [0.1, 0.15) is 6.04 Å². The largest absolute Gasteiger partial charge is 0.394 e. The van der Waals surface area contributed by atoms with Gasteiger partial charge in [0.25, 0.3) is 0 Å². The SMILES string of the molecule is N#CC(CO)NCc1cccs1. The van der Waals surface area contributed by atoms with Crippen LogP contribution in [0.5, 0.6) is 0 Å². The van der Waals surface area contributed by atoms with Gasteiger partial charge in [-0.2, -0.15) is 5.26 Å². The first-order valence-corrected chi connectivity index (χ1v) is 4.51. The molecule has 0 saturated carbocycles. The molecule has 1 unspecified atom stereocenters. The Bertz CT molecular complexity index is 253. The Kier molecular flexibility index (Phi) is 3.74. The van der Waals surface area contributed by atoms with Crippen LogP contribution in [0.4, 0.5) is 0 Å². The summed E-state index contributed by atoms with van der Waals surface area (Å²) in [4.78, 5) is 1.17. The molecular weight excluding hydrogens is 172 g/mol. The van der Waals surface area contributed by atoms with Crippen LogP contribution >= 0.6 is 11.3 Å². The molecule has 1 atom stereocenters. The lowest BCUT2D eigenvalue weighted by molar-refractivity contribution is 0.267. The van der Waals surface area contributed by atoms with Crippen LogP contribution in [0.25, 0.3) is 0 Å². The molecule has 3 nitrogen and oxygen atoms in total. The van der Waals surface area contributed by atoms with E-state index in [-0.39, 0.29) is 6.61 Å². The first-order chi connectivity index (χ1) is 5.86. The van der Waals surface area contributed by atoms with E-state index in [4.69, 9.17) is 10.4 Å². The van der Waals surface area contributed by atoms with Crippen LogP contribution < -0.4 is 5.32 Å². The fourth-order valence-electron chi connectivity index (χ4n) is 0.788. The van der Waals surface area contributed by atoms with Gasteiger partial charge in [-0.05, 0) is 11.4 Å². The van der Waals surface area contributed by atoms with Crippen molar-refractivity contribution in [1.82, 2.24) is 5.32 Å². The van der Waals surface area contributed by atoms with Gasteiger partial charge in [-0.3, -0.25) is 5.32 Å². The summed E-state index contributed by atoms with van der Waals surface area (Å²) in [6.45, 7) is 0.512. The Morgan fingerprint density at radius 1 is 1.75 bits per heavy atom. The van der Waals surface area contributed by atoms with E-state index in [0.29, 0.717) is 6.54 Å². The summed E-state index contributed by atoms with van der Waals surface area (Å²) < 4.78 is 0. The van der Waals surface area contributed by atoms with Gasteiger partial charge in [-0.1, -0.05) is 6.07 Å². The zero-order chi connectivity index (χ0) is 8.81. The molecular formula is C8H10N2OS. The van der Waals surface area contributed by atoms with E-state index in [0.717, 1.165) is 0 Å². The standard InChI is InChI=1S/C8H10N2OS/c9-4-7(6-11)10-5-8-2-1-3-12-8/h1-3,7,10-11H,5-6H2. The van der Waals surface area contributed by atoms with Crippen LogP contribution in [-0.4, -0.2) is 17.8 Å². The molecule has 0 aliphatic carbocycles. The van der Waals surface area contributed by atoms with E-state index < -0.39 is 6.04 Å². The molecule has 0 bridgehead atoms. The van der Waals surface area contributed by atoms with Crippen molar-refractivity contribution < 1.29 is 5.11 Å². The molecule has 0 aromatic carbocycles. The highest BCUT2D eigenvalue weighted by Crippen LogP contribution is 2.07. The molecule has 0 saturated heterocycles. The topological polar surface area (TPSA) is 56.0 Å². The van der Waals surface area contributed by atoms with E-state index in [1.165, 1.54) is 4.88 Å². The first kappa shape index (κ1) is 9.20. The minimum atomic E-state index is -0.452. The molecule has 1 aromatic rings. The fraction of sp³-hybridized carbons (Fsp3) is 0.375. The monoisotopic (exact) mass is 182 g/mol. The third kappa shape index (κ3) is 2.62. The van der Waals surface area contributed by atoms with Crippen molar-refractivity contribution in [2.75, 3.05) is 6.61 Å². The highest BCUT2D eigenvalue weighted by Gasteiger charge is 2.03. The molecule has 0 aliphatic heterocycles. The van der Waals surface area contributed by atoms with E-state index in [1.54, 1.807) is 11.3 Å². The first-order valence-electron chi connectivity index (χ1n) is 3.63. The maximum Gasteiger partial charge on any atom is 0.119 e. The van der Waals surface area contributed by atoms with Crippen LogP contribution in [0.2, 0.25) is 0 Å². The minimum absolute atomic E-state index is 0.137. The maximum atomic E-state index is 8.67. The summed E-state index contributed by atoms with van der Waals surface area (Å²) >= 11 is 1.63. The highest BCUT2D eigenvalue weighted by molar-refractivity contribution is 7.09. The van der Waals surface area contributed by atoms with Gasteiger partial charge in [0, 0.05) is 11.4 Å². The number of rotatable bonds is 4. The normalized spacial score (nSPS) is 12.3. The van der Waals surface area contributed by atoms with Crippen LogP contribution in [0.1, 0.15) is 4.88 Å².